The Labute approximate surface area is 109 Å². The first-order chi connectivity index (χ1) is 8.92. The van der Waals surface area contributed by atoms with Crippen LogP contribution in [0.3, 0.4) is 0 Å². The van der Waals surface area contributed by atoms with Crippen LogP contribution in [-0.4, -0.2) is 0 Å². The maximum atomic E-state index is 3.45. The minimum absolute atomic E-state index is 0.630. The van der Waals surface area contributed by atoms with Crippen molar-refractivity contribution in [3.8, 4) is 11.8 Å². The first-order valence-corrected chi connectivity index (χ1v) is 6.92. The van der Waals surface area contributed by atoms with Crippen LogP contribution in [0.1, 0.15) is 37.7 Å². The summed E-state index contributed by atoms with van der Waals surface area (Å²) in [5.41, 5.74) is 1.15. The van der Waals surface area contributed by atoms with E-state index in [1.807, 2.05) is 0 Å². The maximum Gasteiger partial charge on any atom is 0.0251 e. The van der Waals surface area contributed by atoms with Gasteiger partial charge in [-0.15, -0.1) is 0 Å². The molecule has 0 amide bonds. The van der Waals surface area contributed by atoms with Crippen LogP contribution >= 0.6 is 0 Å². The van der Waals surface area contributed by atoms with Gasteiger partial charge in [-0.1, -0.05) is 61.4 Å². The SMILES string of the molecule is C(#CC1CCCCC1)c1ccc2ccccc2c1. The van der Waals surface area contributed by atoms with Crippen molar-refractivity contribution in [2.45, 2.75) is 32.1 Å². The van der Waals surface area contributed by atoms with Crippen LogP contribution in [0.5, 0.6) is 0 Å². The lowest BCUT2D eigenvalue weighted by Crippen LogP contribution is -2.02. The lowest BCUT2D eigenvalue weighted by Gasteiger charge is -2.15. The Morgan fingerprint density at radius 1 is 0.833 bits per heavy atom. The van der Waals surface area contributed by atoms with Gasteiger partial charge in [0.15, 0.2) is 0 Å². The van der Waals surface area contributed by atoms with Gasteiger partial charge in [0, 0.05) is 11.5 Å². The number of benzene rings is 2. The fourth-order valence-electron chi connectivity index (χ4n) is 2.70. The minimum atomic E-state index is 0.630. The quantitative estimate of drug-likeness (QED) is 0.576. The molecule has 0 heterocycles. The van der Waals surface area contributed by atoms with E-state index in [9.17, 15) is 0 Å². The molecule has 0 N–H and O–H groups in total. The molecule has 1 aliphatic carbocycles. The molecule has 90 valence electrons. The van der Waals surface area contributed by atoms with Crippen molar-refractivity contribution in [2.75, 3.05) is 0 Å². The van der Waals surface area contributed by atoms with Crippen molar-refractivity contribution >= 4 is 10.8 Å². The normalized spacial score (nSPS) is 16.2. The van der Waals surface area contributed by atoms with Crippen LogP contribution in [0.25, 0.3) is 10.8 Å². The average Bonchev–Trinajstić information content (AvgIpc) is 2.46. The topological polar surface area (TPSA) is 0 Å². The molecule has 0 unspecified atom stereocenters. The summed E-state index contributed by atoms with van der Waals surface area (Å²) in [6.07, 6.45) is 6.70. The van der Waals surface area contributed by atoms with Crippen LogP contribution in [0.4, 0.5) is 0 Å². The van der Waals surface area contributed by atoms with Gasteiger partial charge in [-0.2, -0.15) is 0 Å². The summed E-state index contributed by atoms with van der Waals surface area (Å²) >= 11 is 0. The number of hydrogen-bond donors (Lipinski definition) is 0. The highest BCUT2D eigenvalue weighted by Gasteiger charge is 2.09. The summed E-state index contributed by atoms with van der Waals surface area (Å²) in [5.74, 6) is 7.44. The molecule has 18 heavy (non-hydrogen) atoms. The molecule has 2 aromatic rings. The average molecular weight is 234 g/mol. The molecule has 0 bridgehead atoms. The monoisotopic (exact) mass is 234 g/mol. The Morgan fingerprint density at radius 2 is 1.61 bits per heavy atom. The highest BCUT2D eigenvalue weighted by Crippen LogP contribution is 2.23. The summed E-state index contributed by atoms with van der Waals surface area (Å²) in [6.45, 7) is 0. The van der Waals surface area contributed by atoms with Gasteiger partial charge >= 0.3 is 0 Å². The number of fused-ring (bicyclic) bond motifs is 1. The number of hydrogen-bond acceptors (Lipinski definition) is 0. The predicted octanol–water partition coefficient (Wildman–Crippen LogP) is 4.77. The molecule has 0 heteroatoms. The lowest BCUT2D eigenvalue weighted by molar-refractivity contribution is 0.430. The zero-order valence-electron chi connectivity index (χ0n) is 10.7. The van der Waals surface area contributed by atoms with Crippen molar-refractivity contribution in [2.24, 2.45) is 5.92 Å². The third kappa shape index (κ3) is 2.57. The molecule has 2 aromatic carbocycles. The Hall–Kier alpha value is -1.74. The van der Waals surface area contributed by atoms with Crippen molar-refractivity contribution in [1.29, 1.82) is 0 Å². The fraction of sp³-hybridized carbons (Fsp3) is 0.333. The van der Waals surface area contributed by atoms with E-state index in [0.29, 0.717) is 5.92 Å². The van der Waals surface area contributed by atoms with Gasteiger partial charge < -0.3 is 0 Å². The van der Waals surface area contributed by atoms with Gasteiger partial charge in [0.05, 0.1) is 0 Å². The molecule has 0 aliphatic heterocycles. The molecule has 0 radical (unpaired) electrons. The van der Waals surface area contributed by atoms with E-state index in [1.54, 1.807) is 0 Å². The third-order valence-corrected chi connectivity index (χ3v) is 3.78. The Morgan fingerprint density at radius 3 is 2.44 bits per heavy atom. The fourth-order valence-corrected chi connectivity index (χ4v) is 2.70. The van der Waals surface area contributed by atoms with Crippen LogP contribution in [-0.2, 0) is 0 Å². The van der Waals surface area contributed by atoms with Gasteiger partial charge in [0.25, 0.3) is 0 Å². The van der Waals surface area contributed by atoms with Gasteiger partial charge in [-0.05, 0) is 35.7 Å². The molecular formula is C18H18. The summed E-state index contributed by atoms with van der Waals surface area (Å²) in [6, 6.07) is 15.0. The van der Waals surface area contributed by atoms with E-state index >= 15 is 0 Å². The van der Waals surface area contributed by atoms with Gasteiger partial charge in [-0.25, -0.2) is 0 Å². The molecule has 3 rings (SSSR count). The van der Waals surface area contributed by atoms with Crippen LogP contribution in [0.15, 0.2) is 42.5 Å². The molecular weight excluding hydrogens is 216 g/mol. The van der Waals surface area contributed by atoms with Crippen molar-refractivity contribution in [3.63, 3.8) is 0 Å². The second-order valence-corrected chi connectivity index (χ2v) is 5.17. The second-order valence-electron chi connectivity index (χ2n) is 5.17. The van der Waals surface area contributed by atoms with Crippen LogP contribution in [0.2, 0.25) is 0 Å². The summed E-state index contributed by atoms with van der Waals surface area (Å²) in [5, 5.41) is 2.58. The Kier molecular flexibility index (Phi) is 3.33. The first-order valence-electron chi connectivity index (χ1n) is 6.92. The third-order valence-electron chi connectivity index (χ3n) is 3.78. The maximum absolute atomic E-state index is 3.45. The van der Waals surface area contributed by atoms with Gasteiger partial charge in [0.2, 0.25) is 0 Å². The van der Waals surface area contributed by atoms with Gasteiger partial charge in [-0.3, -0.25) is 0 Å². The van der Waals surface area contributed by atoms with E-state index < -0.39 is 0 Å². The largest absolute Gasteiger partial charge is 0.0945 e. The molecule has 0 spiro atoms. The highest BCUT2D eigenvalue weighted by molar-refractivity contribution is 5.83. The number of rotatable bonds is 0. The zero-order valence-corrected chi connectivity index (χ0v) is 10.7. The minimum Gasteiger partial charge on any atom is -0.0945 e. The van der Waals surface area contributed by atoms with E-state index in [-0.39, 0.29) is 0 Å². The zero-order chi connectivity index (χ0) is 12.2. The Balaban J connectivity index is 1.84. The standard InChI is InChI=1S/C18H18/c1-2-6-15(7-3-1)10-11-16-12-13-17-8-4-5-9-18(17)14-16/h4-5,8-9,12-15H,1-3,6-7H2. The molecule has 0 nitrogen and oxygen atoms in total. The Bertz CT molecular complexity index is 592. The molecule has 1 saturated carbocycles. The van der Waals surface area contributed by atoms with Crippen molar-refractivity contribution in [1.82, 2.24) is 0 Å². The van der Waals surface area contributed by atoms with E-state index in [0.717, 1.165) is 5.56 Å². The van der Waals surface area contributed by atoms with Crippen molar-refractivity contribution in [3.05, 3.63) is 48.0 Å². The smallest absolute Gasteiger partial charge is 0.0251 e. The van der Waals surface area contributed by atoms with Crippen molar-refractivity contribution < 1.29 is 0 Å². The van der Waals surface area contributed by atoms with E-state index in [4.69, 9.17) is 0 Å². The van der Waals surface area contributed by atoms with Gasteiger partial charge in [0.1, 0.15) is 0 Å². The molecule has 0 aromatic heterocycles. The second kappa shape index (κ2) is 5.27. The summed E-state index contributed by atoms with van der Waals surface area (Å²) < 4.78 is 0. The summed E-state index contributed by atoms with van der Waals surface area (Å²) in [7, 11) is 0. The molecule has 0 saturated heterocycles. The molecule has 0 atom stereocenters. The predicted molar refractivity (Wildman–Crippen MR) is 77.4 cm³/mol. The lowest BCUT2D eigenvalue weighted by atomic mass is 9.89. The van der Waals surface area contributed by atoms with E-state index in [2.05, 4.69) is 54.3 Å². The highest BCUT2D eigenvalue weighted by atomic mass is 14.1. The molecule has 1 aliphatic rings. The van der Waals surface area contributed by atoms with Crippen LogP contribution < -0.4 is 0 Å². The summed E-state index contributed by atoms with van der Waals surface area (Å²) in [4.78, 5) is 0. The van der Waals surface area contributed by atoms with E-state index in [1.165, 1.54) is 42.9 Å². The van der Waals surface area contributed by atoms with Crippen LogP contribution in [0, 0.1) is 17.8 Å². The first kappa shape index (κ1) is 11.4. The molecule has 1 fully saturated rings.